The maximum Gasteiger partial charge on any atom is 0.109 e. The van der Waals surface area contributed by atoms with Crippen molar-refractivity contribution in [1.29, 1.82) is 0 Å². The van der Waals surface area contributed by atoms with E-state index in [0.29, 0.717) is 0 Å². The predicted molar refractivity (Wildman–Crippen MR) is 52.6 cm³/mol. The predicted octanol–water partition coefficient (Wildman–Crippen LogP) is 2.40. The van der Waals surface area contributed by atoms with E-state index in [1.165, 1.54) is 0 Å². The number of hydrogen-bond acceptors (Lipinski definition) is 1. The van der Waals surface area contributed by atoms with E-state index in [1.54, 1.807) is 0 Å². The first-order valence-electron chi connectivity index (χ1n) is 4.36. The Morgan fingerprint density at radius 1 is 1.42 bits per heavy atom. The van der Waals surface area contributed by atoms with Gasteiger partial charge in [-0.2, -0.15) is 0 Å². The third-order valence-electron chi connectivity index (χ3n) is 2.34. The Morgan fingerprint density at radius 2 is 2.00 bits per heavy atom. The first kappa shape index (κ1) is 12.2. The van der Waals surface area contributed by atoms with Gasteiger partial charge in [-0.25, -0.2) is 4.39 Å². The van der Waals surface area contributed by atoms with E-state index < -0.39 is 6.17 Å². The maximum atomic E-state index is 13.6. The number of hydrogen-bond donors (Lipinski definition) is 1. The van der Waals surface area contributed by atoms with Gasteiger partial charge >= 0.3 is 0 Å². The summed E-state index contributed by atoms with van der Waals surface area (Å²) in [6.45, 7) is 7.75. The van der Waals surface area contributed by atoms with Crippen LogP contribution in [0.4, 0.5) is 4.39 Å². The monoisotopic (exact) mass is 195 g/mol. The summed E-state index contributed by atoms with van der Waals surface area (Å²) in [4.78, 5) is 0. The maximum absolute atomic E-state index is 13.6. The summed E-state index contributed by atoms with van der Waals surface area (Å²) >= 11 is 0. The number of rotatable bonds is 1. The van der Waals surface area contributed by atoms with Crippen LogP contribution >= 0.6 is 12.4 Å². The first-order chi connectivity index (χ1) is 5.02. The van der Waals surface area contributed by atoms with Gasteiger partial charge in [0.15, 0.2) is 0 Å². The molecule has 2 unspecified atom stereocenters. The van der Waals surface area contributed by atoms with Gasteiger partial charge in [0.05, 0.1) is 0 Å². The number of nitrogens with one attached hydrogen (secondary N) is 1. The third-order valence-corrected chi connectivity index (χ3v) is 2.34. The van der Waals surface area contributed by atoms with Crippen LogP contribution in [0.5, 0.6) is 0 Å². The Hall–Kier alpha value is 0.180. The lowest BCUT2D eigenvalue weighted by molar-refractivity contribution is 0.106. The summed E-state index contributed by atoms with van der Waals surface area (Å²) in [7, 11) is 0. The van der Waals surface area contributed by atoms with Gasteiger partial charge in [-0.1, -0.05) is 20.8 Å². The molecule has 2 atom stereocenters. The number of halogens is 2. The number of alkyl halides is 1. The van der Waals surface area contributed by atoms with Gasteiger partial charge in [0, 0.05) is 12.5 Å². The van der Waals surface area contributed by atoms with Crippen LogP contribution in [0.15, 0.2) is 0 Å². The molecule has 0 radical (unpaired) electrons. The molecule has 1 fully saturated rings. The minimum Gasteiger partial charge on any atom is -0.316 e. The molecule has 1 aliphatic rings. The molecule has 0 aromatic heterocycles. The van der Waals surface area contributed by atoms with Crippen molar-refractivity contribution in [2.45, 2.75) is 33.4 Å². The van der Waals surface area contributed by atoms with Gasteiger partial charge in [0.25, 0.3) is 0 Å². The molecule has 0 bridgehead atoms. The molecule has 1 heterocycles. The van der Waals surface area contributed by atoms with E-state index in [-0.39, 0.29) is 23.7 Å². The molecule has 1 rings (SSSR count). The Bertz CT molecular complexity index is 127. The van der Waals surface area contributed by atoms with Crippen LogP contribution in [0.2, 0.25) is 0 Å². The summed E-state index contributed by atoms with van der Waals surface area (Å²) in [6.07, 6.45) is 0.343. The van der Waals surface area contributed by atoms with Crippen molar-refractivity contribution in [3.63, 3.8) is 0 Å². The van der Waals surface area contributed by atoms with Crippen LogP contribution in [-0.4, -0.2) is 19.3 Å². The second-order valence-electron chi connectivity index (χ2n) is 4.52. The molecule has 1 aliphatic heterocycles. The van der Waals surface area contributed by atoms with Gasteiger partial charge in [0.2, 0.25) is 0 Å². The normalized spacial score (nSPS) is 26.5. The zero-order valence-electron chi connectivity index (χ0n) is 8.06. The van der Waals surface area contributed by atoms with E-state index in [4.69, 9.17) is 0 Å². The zero-order chi connectivity index (χ0) is 8.48. The minimum absolute atomic E-state index is 0. The highest BCUT2D eigenvalue weighted by Gasteiger charge is 2.33. The lowest BCUT2D eigenvalue weighted by atomic mass is 9.82. The van der Waals surface area contributed by atoms with Gasteiger partial charge in [-0.3, -0.25) is 0 Å². The first-order valence-corrected chi connectivity index (χ1v) is 4.36. The SMILES string of the molecule is CC(C)(C)C(F)C1CCNC1.Cl. The molecule has 0 aliphatic carbocycles. The summed E-state index contributed by atoms with van der Waals surface area (Å²) < 4.78 is 13.6. The molecule has 0 spiro atoms. The van der Waals surface area contributed by atoms with E-state index in [9.17, 15) is 4.39 Å². The van der Waals surface area contributed by atoms with Gasteiger partial charge in [-0.05, 0) is 18.4 Å². The smallest absolute Gasteiger partial charge is 0.109 e. The van der Waals surface area contributed by atoms with Crippen molar-refractivity contribution in [1.82, 2.24) is 5.32 Å². The van der Waals surface area contributed by atoms with Crippen LogP contribution in [-0.2, 0) is 0 Å². The molecule has 0 aromatic rings. The van der Waals surface area contributed by atoms with Crippen LogP contribution in [0, 0.1) is 11.3 Å². The molecule has 1 N–H and O–H groups in total. The average Bonchev–Trinajstić information content (AvgIpc) is 2.34. The minimum atomic E-state index is -0.655. The van der Waals surface area contributed by atoms with Gasteiger partial charge in [-0.15, -0.1) is 12.4 Å². The van der Waals surface area contributed by atoms with Crippen molar-refractivity contribution < 1.29 is 4.39 Å². The zero-order valence-corrected chi connectivity index (χ0v) is 8.88. The largest absolute Gasteiger partial charge is 0.316 e. The summed E-state index contributed by atoms with van der Waals surface area (Å²) in [5.74, 6) is 0.245. The molecule has 0 amide bonds. The Kier molecular flexibility index (Phi) is 4.49. The Labute approximate surface area is 80.5 Å². The molecule has 1 nitrogen and oxygen atoms in total. The van der Waals surface area contributed by atoms with E-state index in [0.717, 1.165) is 19.5 Å². The lowest BCUT2D eigenvalue weighted by Gasteiger charge is -2.27. The molecule has 0 aromatic carbocycles. The Morgan fingerprint density at radius 3 is 2.33 bits per heavy atom. The fourth-order valence-corrected chi connectivity index (χ4v) is 1.63. The average molecular weight is 196 g/mol. The highest BCUT2D eigenvalue weighted by atomic mass is 35.5. The van der Waals surface area contributed by atoms with Crippen molar-refractivity contribution in [2.75, 3.05) is 13.1 Å². The molecule has 74 valence electrons. The van der Waals surface area contributed by atoms with Crippen molar-refractivity contribution >= 4 is 12.4 Å². The highest BCUT2D eigenvalue weighted by molar-refractivity contribution is 5.85. The van der Waals surface area contributed by atoms with E-state index in [2.05, 4.69) is 5.32 Å². The molecular weight excluding hydrogens is 177 g/mol. The van der Waals surface area contributed by atoms with Gasteiger partial charge < -0.3 is 5.32 Å². The second-order valence-corrected chi connectivity index (χ2v) is 4.52. The van der Waals surface area contributed by atoms with Crippen molar-refractivity contribution in [3.05, 3.63) is 0 Å². The fraction of sp³-hybridized carbons (Fsp3) is 1.00. The van der Waals surface area contributed by atoms with Crippen LogP contribution in [0.1, 0.15) is 27.2 Å². The molecule has 3 heteroatoms. The molecule has 0 saturated carbocycles. The standard InChI is InChI=1S/C9H18FN.ClH/c1-9(2,3)8(10)7-4-5-11-6-7;/h7-8,11H,4-6H2,1-3H3;1H. The Balaban J connectivity index is 0.00000121. The van der Waals surface area contributed by atoms with Crippen molar-refractivity contribution in [3.8, 4) is 0 Å². The molecular formula is C9H19ClFN. The van der Waals surface area contributed by atoms with Crippen LogP contribution < -0.4 is 5.32 Å². The summed E-state index contributed by atoms with van der Waals surface area (Å²) in [5.41, 5.74) is -0.184. The topological polar surface area (TPSA) is 12.0 Å². The van der Waals surface area contributed by atoms with Crippen LogP contribution in [0.3, 0.4) is 0 Å². The summed E-state index contributed by atoms with van der Waals surface area (Å²) in [5, 5.41) is 3.19. The second kappa shape index (κ2) is 4.43. The van der Waals surface area contributed by atoms with E-state index in [1.807, 2.05) is 20.8 Å². The molecule has 1 saturated heterocycles. The quantitative estimate of drug-likeness (QED) is 0.678. The van der Waals surface area contributed by atoms with Gasteiger partial charge in [0.1, 0.15) is 6.17 Å². The lowest BCUT2D eigenvalue weighted by Crippen LogP contribution is -2.31. The summed E-state index contributed by atoms with van der Waals surface area (Å²) in [6, 6.07) is 0. The highest BCUT2D eigenvalue weighted by Crippen LogP contribution is 2.31. The van der Waals surface area contributed by atoms with Crippen LogP contribution in [0.25, 0.3) is 0 Å². The molecule has 12 heavy (non-hydrogen) atoms. The fourth-order valence-electron chi connectivity index (χ4n) is 1.63. The van der Waals surface area contributed by atoms with E-state index >= 15 is 0 Å². The third kappa shape index (κ3) is 2.91. The van der Waals surface area contributed by atoms with Crippen molar-refractivity contribution in [2.24, 2.45) is 11.3 Å².